The fourth-order valence-electron chi connectivity index (χ4n) is 4.98. The van der Waals surface area contributed by atoms with E-state index in [1.807, 2.05) is 35.9 Å². The molecule has 0 spiro atoms. The number of aromatic nitrogens is 5. The van der Waals surface area contributed by atoms with Crippen molar-refractivity contribution in [2.45, 2.75) is 90.9 Å². The molecule has 1 fully saturated rings. The molecule has 178 valence electrons. The van der Waals surface area contributed by atoms with Crippen LogP contribution in [0.3, 0.4) is 0 Å². The lowest BCUT2D eigenvalue weighted by Crippen LogP contribution is -2.40. The zero-order chi connectivity index (χ0) is 23.6. The summed E-state index contributed by atoms with van der Waals surface area (Å²) in [5, 5.41) is 13.7. The number of fused-ring (bicyclic) bond motifs is 1. The van der Waals surface area contributed by atoms with Crippen LogP contribution in [0.1, 0.15) is 84.2 Å². The van der Waals surface area contributed by atoms with Crippen LogP contribution in [0.5, 0.6) is 5.75 Å². The molecule has 1 aliphatic carbocycles. The minimum Gasteiger partial charge on any atom is -0.494 e. The van der Waals surface area contributed by atoms with E-state index in [4.69, 9.17) is 4.74 Å². The van der Waals surface area contributed by atoms with Gasteiger partial charge in [-0.15, -0.1) is 5.10 Å². The van der Waals surface area contributed by atoms with Gasteiger partial charge in [0.2, 0.25) is 0 Å². The Labute approximate surface area is 195 Å². The van der Waals surface area contributed by atoms with Crippen LogP contribution in [0.4, 0.5) is 0 Å². The van der Waals surface area contributed by atoms with Gasteiger partial charge < -0.3 is 9.72 Å². The summed E-state index contributed by atoms with van der Waals surface area (Å²) in [6, 6.07) is 8.25. The summed E-state index contributed by atoms with van der Waals surface area (Å²) in [6.45, 7) is 11.7. The number of ether oxygens (including phenoxy) is 1. The number of tetrazole rings is 1. The van der Waals surface area contributed by atoms with Gasteiger partial charge in [-0.3, -0.25) is 9.69 Å². The van der Waals surface area contributed by atoms with E-state index in [2.05, 4.69) is 53.1 Å². The summed E-state index contributed by atoms with van der Waals surface area (Å²) in [5.74, 6) is 1.68. The first-order chi connectivity index (χ1) is 15.8. The number of pyridine rings is 1. The van der Waals surface area contributed by atoms with Crippen LogP contribution in [0.25, 0.3) is 10.9 Å². The topological polar surface area (TPSA) is 88.9 Å². The van der Waals surface area contributed by atoms with Gasteiger partial charge in [0.15, 0.2) is 5.82 Å². The summed E-state index contributed by atoms with van der Waals surface area (Å²) in [5.41, 5.74) is 1.32. The summed E-state index contributed by atoms with van der Waals surface area (Å²) >= 11 is 0. The molecule has 0 bridgehead atoms. The van der Waals surface area contributed by atoms with Gasteiger partial charge in [-0.25, -0.2) is 4.68 Å². The van der Waals surface area contributed by atoms with Gasteiger partial charge in [0.05, 0.1) is 18.2 Å². The molecule has 2 heterocycles. The largest absolute Gasteiger partial charge is 0.494 e. The number of aromatic amines is 1. The summed E-state index contributed by atoms with van der Waals surface area (Å²) < 4.78 is 7.60. The minimum absolute atomic E-state index is 0.0344. The molecule has 33 heavy (non-hydrogen) atoms. The van der Waals surface area contributed by atoms with Gasteiger partial charge in [-0.2, -0.15) is 0 Å². The predicted molar refractivity (Wildman–Crippen MR) is 129 cm³/mol. The Morgan fingerprint density at radius 1 is 1.21 bits per heavy atom. The molecule has 4 rings (SSSR count). The Morgan fingerprint density at radius 2 is 1.97 bits per heavy atom. The fourth-order valence-corrected chi connectivity index (χ4v) is 4.98. The third-order valence-corrected chi connectivity index (χ3v) is 6.56. The monoisotopic (exact) mass is 452 g/mol. The van der Waals surface area contributed by atoms with Gasteiger partial charge in [-0.1, -0.05) is 19.8 Å². The van der Waals surface area contributed by atoms with Gasteiger partial charge >= 0.3 is 0 Å². The molecular formula is C25H36N6O2. The summed E-state index contributed by atoms with van der Waals surface area (Å²) in [7, 11) is 0. The Bertz CT molecular complexity index is 1140. The molecule has 1 aromatic carbocycles. The molecule has 1 saturated carbocycles. The SMILES string of the molecule is CCOc1ccc2[nH]c(=O)c(CN(C3CCCC3)[C@H](CC)c3nnnn3C(C)(C)C)cc2c1. The second-order valence-electron chi connectivity index (χ2n) is 9.96. The first-order valence-corrected chi connectivity index (χ1v) is 12.1. The second kappa shape index (κ2) is 9.63. The molecule has 3 aromatic rings. The predicted octanol–water partition coefficient (Wildman–Crippen LogP) is 4.56. The molecule has 0 saturated heterocycles. The number of nitrogens with zero attached hydrogens (tertiary/aromatic N) is 5. The van der Waals surface area contributed by atoms with E-state index < -0.39 is 0 Å². The van der Waals surface area contributed by atoms with Gasteiger partial charge in [0.1, 0.15) is 5.75 Å². The lowest BCUT2D eigenvalue weighted by atomic mass is 10.0. The number of benzene rings is 1. The third-order valence-electron chi connectivity index (χ3n) is 6.56. The van der Waals surface area contributed by atoms with Crippen LogP contribution >= 0.6 is 0 Å². The minimum atomic E-state index is -0.219. The van der Waals surface area contributed by atoms with E-state index in [0.29, 0.717) is 19.2 Å². The maximum absolute atomic E-state index is 13.1. The fraction of sp³-hybridized carbons (Fsp3) is 0.600. The molecule has 0 unspecified atom stereocenters. The van der Waals surface area contributed by atoms with Crippen molar-refractivity contribution in [1.82, 2.24) is 30.1 Å². The van der Waals surface area contributed by atoms with E-state index >= 15 is 0 Å². The van der Waals surface area contributed by atoms with Crippen LogP contribution in [-0.2, 0) is 12.1 Å². The van der Waals surface area contributed by atoms with Crippen LogP contribution < -0.4 is 10.3 Å². The summed E-state index contributed by atoms with van der Waals surface area (Å²) in [6.07, 6.45) is 5.56. The van der Waals surface area contributed by atoms with E-state index in [-0.39, 0.29) is 17.1 Å². The molecule has 1 N–H and O–H groups in total. The van der Waals surface area contributed by atoms with Gasteiger partial charge in [0, 0.05) is 29.1 Å². The average Bonchev–Trinajstić information content (AvgIpc) is 3.46. The van der Waals surface area contributed by atoms with E-state index in [1.165, 1.54) is 12.8 Å². The molecule has 0 amide bonds. The highest BCUT2D eigenvalue weighted by Crippen LogP contribution is 2.34. The summed E-state index contributed by atoms with van der Waals surface area (Å²) in [4.78, 5) is 18.6. The normalized spacial score (nSPS) is 16.1. The lowest BCUT2D eigenvalue weighted by molar-refractivity contribution is 0.108. The Hall–Kier alpha value is -2.74. The maximum Gasteiger partial charge on any atom is 0.252 e. The van der Waals surface area contributed by atoms with E-state index in [0.717, 1.165) is 47.3 Å². The molecular weight excluding hydrogens is 416 g/mol. The van der Waals surface area contributed by atoms with Crippen LogP contribution in [0, 0.1) is 0 Å². The number of nitrogens with one attached hydrogen (secondary N) is 1. The van der Waals surface area contributed by atoms with Crippen molar-refractivity contribution in [2.24, 2.45) is 0 Å². The zero-order valence-electron chi connectivity index (χ0n) is 20.5. The standard InChI is InChI=1S/C25H36N6O2/c1-6-22(23-27-28-29-31(23)25(3,4)5)30(19-10-8-9-11-19)16-18-14-17-15-20(33-7-2)12-13-21(17)26-24(18)32/h12-15,19,22H,6-11,16H2,1-5H3,(H,26,32)/t22-/m1/s1. The Morgan fingerprint density at radius 3 is 2.64 bits per heavy atom. The van der Waals surface area contributed by atoms with Crippen molar-refractivity contribution in [2.75, 3.05) is 6.61 Å². The number of H-pyrrole nitrogens is 1. The third kappa shape index (κ3) is 4.95. The van der Waals surface area contributed by atoms with E-state index in [1.54, 1.807) is 0 Å². The van der Waals surface area contributed by atoms with Gasteiger partial charge in [0.25, 0.3) is 5.56 Å². The molecule has 8 nitrogen and oxygen atoms in total. The Kier molecular flexibility index (Phi) is 6.83. The van der Waals surface area contributed by atoms with E-state index in [9.17, 15) is 4.79 Å². The molecule has 0 radical (unpaired) electrons. The smallest absolute Gasteiger partial charge is 0.252 e. The molecule has 2 aromatic heterocycles. The quantitative estimate of drug-likeness (QED) is 0.539. The van der Waals surface area contributed by atoms with Crippen molar-refractivity contribution in [3.05, 3.63) is 46.0 Å². The zero-order valence-corrected chi connectivity index (χ0v) is 20.5. The number of rotatable bonds is 8. The molecule has 1 atom stereocenters. The van der Waals surface area contributed by atoms with Crippen molar-refractivity contribution in [1.29, 1.82) is 0 Å². The first-order valence-electron chi connectivity index (χ1n) is 12.1. The first kappa shape index (κ1) is 23.4. The van der Waals surface area contributed by atoms with Gasteiger partial charge in [-0.05, 0) is 81.6 Å². The van der Waals surface area contributed by atoms with Crippen molar-refractivity contribution >= 4 is 10.9 Å². The molecule has 0 aliphatic heterocycles. The van der Waals surface area contributed by atoms with Crippen molar-refractivity contribution in [3.8, 4) is 5.75 Å². The highest BCUT2D eigenvalue weighted by molar-refractivity contribution is 5.80. The maximum atomic E-state index is 13.1. The Balaban J connectivity index is 1.74. The van der Waals surface area contributed by atoms with Crippen LogP contribution in [0.2, 0.25) is 0 Å². The number of hydrogen-bond donors (Lipinski definition) is 1. The van der Waals surface area contributed by atoms with Crippen LogP contribution in [0.15, 0.2) is 29.1 Å². The molecule has 8 heteroatoms. The van der Waals surface area contributed by atoms with Crippen molar-refractivity contribution in [3.63, 3.8) is 0 Å². The average molecular weight is 453 g/mol. The second-order valence-corrected chi connectivity index (χ2v) is 9.96. The molecule has 1 aliphatic rings. The highest BCUT2D eigenvalue weighted by Gasteiger charge is 2.34. The lowest BCUT2D eigenvalue weighted by Gasteiger charge is -2.36. The highest BCUT2D eigenvalue weighted by atomic mass is 16.5. The van der Waals surface area contributed by atoms with Crippen molar-refractivity contribution < 1.29 is 4.74 Å². The van der Waals surface area contributed by atoms with Crippen LogP contribution in [-0.4, -0.2) is 42.7 Å². The number of hydrogen-bond acceptors (Lipinski definition) is 6.